The molecule has 1 fully saturated rings. The Kier molecular flexibility index (Phi) is 9.38. The highest BCUT2D eigenvalue weighted by atomic mass is 16.5. The number of ether oxygens (including phenoxy) is 3. The zero-order valence-corrected chi connectivity index (χ0v) is 12.5. The van der Waals surface area contributed by atoms with Gasteiger partial charge in [0, 0.05) is 53.1 Å². The van der Waals surface area contributed by atoms with Crippen molar-refractivity contribution in [3.63, 3.8) is 0 Å². The molecular weight excluding hydrogens is 244 g/mol. The van der Waals surface area contributed by atoms with Crippen LogP contribution in [0, 0.1) is 5.92 Å². The van der Waals surface area contributed by atoms with Crippen LogP contribution >= 0.6 is 0 Å². The van der Waals surface area contributed by atoms with E-state index < -0.39 is 0 Å². The van der Waals surface area contributed by atoms with E-state index in [1.807, 2.05) is 0 Å². The standard InChI is InChI=1S/C14H30N2O3/c1-17-8-4-6-16(7-10-18-2)14(11-15)13-5-3-9-19-12-13/h13-14H,3-12,15H2,1-2H3. The molecule has 0 aromatic carbocycles. The summed E-state index contributed by atoms with van der Waals surface area (Å²) < 4.78 is 16.0. The Hall–Kier alpha value is -0.200. The Morgan fingerprint density at radius 1 is 1.26 bits per heavy atom. The van der Waals surface area contributed by atoms with Crippen molar-refractivity contribution in [1.82, 2.24) is 4.90 Å². The van der Waals surface area contributed by atoms with Crippen LogP contribution in [0.1, 0.15) is 19.3 Å². The highest BCUT2D eigenvalue weighted by molar-refractivity contribution is 4.82. The van der Waals surface area contributed by atoms with Crippen molar-refractivity contribution in [3.8, 4) is 0 Å². The summed E-state index contributed by atoms with van der Waals surface area (Å²) in [6, 6.07) is 0.396. The maximum absolute atomic E-state index is 6.01. The number of hydrogen-bond donors (Lipinski definition) is 1. The van der Waals surface area contributed by atoms with Crippen LogP contribution in [0.15, 0.2) is 0 Å². The lowest BCUT2D eigenvalue weighted by Crippen LogP contribution is -2.49. The number of hydrogen-bond acceptors (Lipinski definition) is 5. The first-order valence-electron chi connectivity index (χ1n) is 7.33. The Morgan fingerprint density at radius 3 is 2.63 bits per heavy atom. The molecule has 1 saturated heterocycles. The fraction of sp³-hybridized carbons (Fsp3) is 1.00. The van der Waals surface area contributed by atoms with Crippen molar-refractivity contribution in [3.05, 3.63) is 0 Å². The Balaban J connectivity index is 2.50. The molecule has 0 radical (unpaired) electrons. The molecule has 0 spiro atoms. The van der Waals surface area contributed by atoms with Crippen molar-refractivity contribution < 1.29 is 14.2 Å². The Morgan fingerprint density at radius 2 is 2.05 bits per heavy atom. The molecule has 19 heavy (non-hydrogen) atoms. The zero-order valence-electron chi connectivity index (χ0n) is 12.5. The van der Waals surface area contributed by atoms with Gasteiger partial charge in [-0.25, -0.2) is 0 Å². The van der Waals surface area contributed by atoms with Gasteiger partial charge in [0.15, 0.2) is 0 Å². The van der Waals surface area contributed by atoms with E-state index in [4.69, 9.17) is 19.9 Å². The smallest absolute Gasteiger partial charge is 0.0589 e. The van der Waals surface area contributed by atoms with Crippen LogP contribution in [0.4, 0.5) is 0 Å². The predicted molar refractivity (Wildman–Crippen MR) is 76.3 cm³/mol. The van der Waals surface area contributed by atoms with Gasteiger partial charge in [-0.15, -0.1) is 0 Å². The van der Waals surface area contributed by atoms with Crippen LogP contribution in [0.2, 0.25) is 0 Å². The Labute approximate surface area is 117 Å². The normalized spacial score (nSPS) is 21.8. The molecule has 0 saturated carbocycles. The van der Waals surface area contributed by atoms with Crippen LogP contribution in [-0.2, 0) is 14.2 Å². The second-order valence-corrected chi connectivity index (χ2v) is 5.16. The molecule has 0 amide bonds. The lowest BCUT2D eigenvalue weighted by Gasteiger charge is -2.38. The molecule has 2 N–H and O–H groups in total. The van der Waals surface area contributed by atoms with Gasteiger partial charge in [0.25, 0.3) is 0 Å². The maximum atomic E-state index is 6.01. The quantitative estimate of drug-likeness (QED) is 0.595. The first-order valence-corrected chi connectivity index (χ1v) is 7.33. The molecular formula is C14H30N2O3. The fourth-order valence-corrected chi connectivity index (χ4v) is 2.77. The van der Waals surface area contributed by atoms with E-state index in [-0.39, 0.29) is 0 Å². The van der Waals surface area contributed by atoms with E-state index in [0.717, 1.165) is 52.4 Å². The molecule has 5 heteroatoms. The molecule has 114 valence electrons. The first-order chi connectivity index (χ1) is 9.33. The summed E-state index contributed by atoms with van der Waals surface area (Å²) in [5.74, 6) is 0.554. The minimum absolute atomic E-state index is 0.396. The third-order valence-electron chi connectivity index (χ3n) is 3.83. The molecule has 2 atom stereocenters. The third kappa shape index (κ3) is 6.19. The van der Waals surface area contributed by atoms with Crippen molar-refractivity contribution in [2.75, 3.05) is 60.3 Å². The lowest BCUT2D eigenvalue weighted by atomic mass is 9.92. The summed E-state index contributed by atoms with van der Waals surface area (Å²) in [5.41, 5.74) is 6.01. The average molecular weight is 274 g/mol. The molecule has 1 aliphatic rings. The van der Waals surface area contributed by atoms with Gasteiger partial charge in [-0.3, -0.25) is 4.90 Å². The van der Waals surface area contributed by atoms with Gasteiger partial charge in [-0.2, -0.15) is 0 Å². The summed E-state index contributed by atoms with van der Waals surface area (Å²) in [7, 11) is 3.49. The molecule has 0 aliphatic carbocycles. The van der Waals surface area contributed by atoms with E-state index in [1.165, 1.54) is 6.42 Å². The summed E-state index contributed by atoms with van der Waals surface area (Å²) in [4.78, 5) is 2.45. The second-order valence-electron chi connectivity index (χ2n) is 5.16. The summed E-state index contributed by atoms with van der Waals surface area (Å²) >= 11 is 0. The molecule has 2 unspecified atom stereocenters. The van der Waals surface area contributed by atoms with E-state index in [9.17, 15) is 0 Å². The van der Waals surface area contributed by atoms with E-state index in [2.05, 4.69) is 4.90 Å². The van der Waals surface area contributed by atoms with Gasteiger partial charge in [-0.1, -0.05) is 0 Å². The summed E-state index contributed by atoms with van der Waals surface area (Å²) in [5, 5.41) is 0. The van der Waals surface area contributed by atoms with Crippen LogP contribution in [0.3, 0.4) is 0 Å². The van der Waals surface area contributed by atoms with Crippen molar-refractivity contribution in [2.24, 2.45) is 11.7 Å². The predicted octanol–water partition coefficient (Wildman–Crippen LogP) is 0.725. The largest absolute Gasteiger partial charge is 0.385 e. The highest BCUT2D eigenvalue weighted by Gasteiger charge is 2.27. The first kappa shape index (κ1) is 16.9. The van der Waals surface area contributed by atoms with Gasteiger partial charge in [-0.05, 0) is 25.2 Å². The zero-order chi connectivity index (χ0) is 13.9. The minimum atomic E-state index is 0.396. The molecule has 5 nitrogen and oxygen atoms in total. The van der Waals surface area contributed by atoms with Gasteiger partial charge in [0.2, 0.25) is 0 Å². The number of nitrogens with two attached hydrogens (primary N) is 1. The van der Waals surface area contributed by atoms with E-state index in [0.29, 0.717) is 18.5 Å². The topological polar surface area (TPSA) is 57.0 Å². The molecule has 0 aromatic rings. The van der Waals surface area contributed by atoms with Crippen LogP contribution in [0.5, 0.6) is 0 Å². The molecule has 1 rings (SSSR count). The van der Waals surface area contributed by atoms with Crippen molar-refractivity contribution in [1.29, 1.82) is 0 Å². The minimum Gasteiger partial charge on any atom is -0.385 e. The van der Waals surface area contributed by atoms with Gasteiger partial charge >= 0.3 is 0 Å². The number of methoxy groups -OCH3 is 2. The van der Waals surface area contributed by atoms with E-state index >= 15 is 0 Å². The monoisotopic (exact) mass is 274 g/mol. The fourth-order valence-electron chi connectivity index (χ4n) is 2.77. The molecule has 0 aromatic heterocycles. The maximum Gasteiger partial charge on any atom is 0.0589 e. The van der Waals surface area contributed by atoms with Crippen LogP contribution in [0.25, 0.3) is 0 Å². The average Bonchev–Trinajstić information content (AvgIpc) is 2.46. The highest BCUT2D eigenvalue weighted by Crippen LogP contribution is 2.21. The molecule has 0 bridgehead atoms. The van der Waals surface area contributed by atoms with Crippen LogP contribution in [-0.4, -0.2) is 71.2 Å². The number of nitrogens with zero attached hydrogens (tertiary/aromatic N) is 1. The molecule has 1 aliphatic heterocycles. The number of rotatable bonds is 10. The van der Waals surface area contributed by atoms with Gasteiger partial charge in [0.1, 0.15) is 0 Å². The van der Waals surface area contributed by atoms with E-state index in [1.54, 1.807) is 14.2 Å². The second kappa shape index (κ2) is 10.6. The van der Waals surface area contributed by atoms with Gasteiger partial charge < -0.3 is 19.9 Å². The molecule has 1 heterocycles. The summed E-state index contributed by atoms with van der Waals surface area (Å²) in [6.07, 6.45) is 3.40. The van der Waals surface area contributed by atoms with Crippen molar-refractivity contribution in [2.45, 2.75) is 25.3 Å². The SMILES string of the molecule is COCCCN(CCOC)C(CN)C1CCCOC1. The van der Waals surface area contributed by atoms with Gasteiger partial charge in [0.05, 0.1) is 13.2 Å². The third-order valence-corrected chi connectivity index (χ3v) is 3.83. The lowest BCUT2D eigenvalue weighted by molar-refractivity contribution is 0.00331. The Bertz CT molecular complexity index is 211. The van der Waals surface area contributed by atoms with Crippen LogP contribution < -0.4 is 5.73 Å². The summed E-state index contributed by atoms with van der Waals surface area (Å²) in [6.45, 7) is 5.91. The van der Waals surface area contributed by atoms with Crippen molar-refractivity contribution >= 4 is 0 Å².